The zero-order valence-corrected chi connectivity index (χ0v) is 8.93. The third-order valence-electron chi connectivity index (χ3n) is 2.21. The standard InChI is InChI=1S/C13H9FN2O/c14-12-5-6-13(16-8-12)17-9-11-4-2-1-3-10(11)7-15/h1-6,8H,9H2. The van der Waals surface area contributed by atoms with E-state index >= 15 is 0 Å². The third-order valence-corrected chi connectivity index (χ3v) is 2.21. The number of nitriles is 1. The maximum Gasteiger partial charge on any atom is 0.213 e. The van der Waals surface area contributed by atoms with Crippen LogP contribution in [0.15, 0.2) is 42.6 Å². The van der Waals surface area contributed by atoms with Crippen molar-refractivity contribution in [3.05, 3.63) is 59.5 Å². The van der Waals surface area contributed by atoms with Crippen molar-refractivity contribution in [2.45, 2.75) is 6.61 Å². The lowest BCUT2D eigenvalue weighted by Crippen LogP contribution is -1.99. The zero-order chi connectivity index (χ0) is 12.1. The Morgan fingerprint density at radius 2 is 2.06 bits per heavy atom. The minimum atomic E-state index is -0.408. The summed E-state index contributed by atoms with van der Waals surface area (Å²) in [6, 6.07) is 12.0. The van der Waals surface area contributed by atoms with E-state index in [-0.39, 0.29) is 6.61 Å². The van der Waals surface area contributed by atoms with Crippen molar-refractivity contribution < 1.29 is 9.13 Å². The maximum absolute atomic E-state index is 12.6. The monoisotopic (exact) mass is 228 g/mol. The molecule has 0 saturated heterocycles. The zero-order valence-electron chi connectivity index (χ0n) is 8.93. The average molecular weight is 228 g/mol. The molecule has 3 nitrogen and oxygen atoms in total. The van der Waals surface area contributed by atoms with Gasteiger partial charge in [-0.3, -0.25) is 0 Å². The maximum atomic E-state index is 12.6. The van der Waals surface area contributed by atoms with E-state index in [9.17, 15) is 4.39 Å². The molecule has 84 valence electrons. The molecule has 0 fully saturated rings. The van der Waals surface area contributed by atoms with Crippen molar-refractivity contribution in [3.63, 3.8) is 0 Å². The highest BCUT2D eigenvalue weighted by Crippen LogP contribution is 2.12. The second kappa shape index (κ2) is 5.08. The van der Waals surface area contributed by atoms with Gasteiger partial charge in [0.1, 0.15) is 12.4 Å². The summed E-state index contributed by atoms with van der Waals surface area (Å²) in [6.07, 6.45) is 1.09. The van der Waals surface area contributed by atoms with Gasteiger partial charge in [0.25, 0.3) is 0 Å². The van der Waals surface area contributed by atoms with E-state index < -0.39 is 5.82 Å². The first kappa shape index (κ1) is 11.1. The van der Waals surface area contributed by atoms with Gasteiger partial charge in [0, 0.05) is 11.6 Å². The van der Waals surface area contributed by atoms with Gasteiger partial charge < -0.3 is 4.74 Å². The number of halogens is 1. The van der Waals surface area contributed by atoms with Gasteiger partial charge in [0.2, 0.25) is 5.88 Å². The van der Waals surface area contributed by atoms with Crippen molar-refractivity contribution in [2.75, 3.05) is 0 Å². The molecule has 0 unspecified atom stereocenters. The molecule has 0 aliphatic rings. The molecule has 1 aromatic heterocycles. The molecule has 2 rings (SSSR count). The minimum absolute atomic E-state index is 0.238. The smallest absolute Gasteiger partial charge is 0.213 e. The molecule has 0 bridgehead atoms. The van der Waals surface area contributed by atoms with Crippen LogP contribution in [0.3, 0.4) is 0 Å². The van der Waals surface area contributed by atoms with Crippen LogP contribution in [-0.4, -0.2) is 4.98 Å². The van der Waals surface area contributed by atoms with Gasteiger partial charge >= 0.3 is 0 Å². The summed E-state index contributed by atoms with van der Waals surface area (Å²) in [5.74, 6) is -0.0751. The predicted octanol–water partition coefficient (Wildman–Crippen LogP) is 2.67. The molecule has 4 heteroatoms. The largest absolute Gasteiger partial charge is 0.473 e. The number of hydrogen-bond acceptors (Lipinski definition) is 3. The first-order chi connectivity index (χ1) is 8.29. The number of aromatic nitrogens is 1. The second-order valence-electron chi connectivity index (χ2n) is 3.37. The molecule has 0 atom stereocenters. The molecular weight excluding hydrogens is 219 g/mol. The Labute approximate surface area is 98.1 Å². The predicted molar refractivity (Wildman–Crippen MR) is 59.7 cm³/mol. The quantitative estimate of drug-likeness (QED) is 0.811. The topological polar surface area (TPSA) is 45.9 Å². The van der Waals surface area contributed by atoms with Crippen LogP contribution in [0.4, 0.5) is 4.39 Å². The van der Waals surface area contributed by atoms with Crippen LogP contribution in [-0.2, 0) is 6.61 Å². The summed E-state index contributed by atoms with van der Waals surface area (Å²) in [5.41, 5.74) is 1.34. The highest BCUT2D eigenvalue weighted by atomic mass is 19.1. The normalized spacial score (nSPS) is 9.65. The van der Waals surface area contributed by atoms with Gasteiger partial charge in [-0.15, -0.1) is 0 Å². The van der Waals surface area contributed by atoms with E-state index in [0.29, 0.717) is 11.4 Å². The first-order valence-electron chi connectivity index (χ1n) is 5.02. The fourth-order valence-electron chi connectivity index (χ4n) is 1.35. The van der Waals surface area contributed by atoms with E-state index in [1.165, 1.54) is 12.1 Å². The van der Waals surface area contributed by atoms with Crippen LogP contribution in [0.5, 0.6) is 5.88 Å². The average Bonchev–Trinajstić information content (AvgIpc) is 2.38. The number of rotatable bonds is 3. The van der Waals surface area contributed by atoms with E-state index in [1.807, 2.05) is 12.1 Å². The van der Waals surface area contributed by atoms with E-state index in [2.05, 4.69) is 11.1 Å². The van der Waals surface area contributed by atoms with Crippen LogP contribution in [0.2, 0.25) is 0 Å². The van der Waals surface area contributed by atoms with Crippen molar-refractivity contribution in [3.8, 4) is 11.9 Å². The molecule has 0 spiro atoms. The summed E-state index contributed by atoms with van der Waals surface area (Å²) in [4.78, 5) is 3.77. The van der Waals surface area contributed by atoms with Gasteiger partial charge in [-0.05, 0) is 12.1 Å². The fourth-order valence-corrected chi connectivity index (χ4v) is 1.35. The minimum Gasteiger partial charge on any atom is -0.473 e. The Hall–Kier alpha value is -2.41. The van der Waals surface area contributed by atoms with Gasteiger partial charge in [-0.25, -0.2) is 9.37 Å². The first-order valence-corrected chi connectivity index (χ1v) is 5.02. The van der Waals surface area contributed by atoms with Crippen LogP contribution in [0.25, 0.3) is 0 Å². The van der Waals surface area contributed by atoms with Gasteiger partial charge in [-0.2, -0.15) is 5.26 Å². The van der Waals surface area contributed by atoms with Crippen LogP contribution < -0.4 is 4.74 Å². The molecule has 0 radical (unpaired) electrons. The van der Waals surface area contributed by atoms with Crippen LogP contribution in [0, 0.1) is 17.1 Å². The summed E-state index contributed by atoms with van der Waals surface area (Å²) in [6.45, 7) is 0.238. The lowest BCUT2D eigenvalue weighted by Gasteiger charge is -2.06. The molecule has 0 N–H and O–H groups in total. The third kappa shape index (κ3) is 2.79. The van der Waals surface area contributed by atoms with Crippen LogP contribution >= 0.6 is 0 Å². The molecular formula is C13H9FN2O. The lowest BCUT2D eigenvalue weighted by atomic mass is 10.1. The summed E-state index contributed by atoms with van der Waals surface area (Å²) < 4.78 is 18.0. The van der Waals surface area contributed by atoms with E-state index in [0.717, 1.165) is 11.8 Å². The Morgan fingerprint density at radius 1 is 1.24 bits per heavy atom. The molecule has 17 heavy (non-hydrogen) atoms. The number of pyridine rings is 1. The Kier molecular flexibility index (Phi) is 3.31. The highest BCUT2D eigenvalue weighted by molar-refractivity contribution is 5.37. The van der Waals surface area contributed by atoms with Crippen LogP contribution in [0.1, 0.15) is 11.1 Å². The fraction of sp³-hybridized carbons (Fsp3) is 0.0769. The molecule has 2 aromatic rings. The Bertz CT molecular complexity index is 546. The van der Waals surface area contributed by atoms with E-state index in [1.54, 1.807) is 12.1 Å². The van der Waals surface area contributed by atoms with Crippen molar-refractivity contribution >= 4 is 0 Å². The number of nitrogens with zero attached hydrogens (tertiary/aromatic N) is 2. The Balaban J connectivity index is 2.08. The summed E-state index contributed by atoms with van der Waals surface area (Å²) >= 11 is 0. The number of ether oxygens (including phenoxy) is 1. The summed E-state index contributed by atoms with van der Waals surface area (Å²) in [7, 11) is 0. The molecule has 0 aliphatic carbocycles. The highest BCUT2D eigenvalue weighted by Gasteiger charge is 2.02. The van der Waals surface area contributed by atoms with Crippen molar-refractivity contribution in [1.82, 2.24) is 4.98 Å². The van der Waals surface area contributed by atoms with Gasteiger partial charge in [0.05, 0.1) is 17.8 Å². The van der Waals surface area contributed by atoms with E-state index in [4.69, 9.17) is 10.00 Å². The molecule has 0 saturated carbocycles. The van der Waals surface area contributed by atoms with Gasteiger partial charge in [-0.1, -0.05) is 18.2 Å². The summed E-state index contributed by atoms with van der Waals surface area (Å²) in [5, 5.41) is 8.88. The van der Waals surface area contributed by atoms with Gasteiger partial charge in [0.15, 0.2) is 0 Å². The molecule has 0 amide bonds. The number of hydrogen-bond donors (Lipinski definition) is 0. The molecule has 1 heterocycles. The second-order valence-corrected chi connectivity index (χ2v) is 3.37. The Morgan fingerprint density at radius 3 is 2.76 bits per heavy atom. The van der Waals surface area contributed by atoms with Crippen molar-refractivity contribution in [2.24, 2.45) is 0 Å². The molecule has 0 aliphatic heterocycles. The van der Waals surface area contributed by atoms with Crippen molar-refractivity contribution in [1.29, 1.82) is 5.26 Å². The molecule has 1 aromatic carbocycles. The lowest BCUT2D eigenvalue weighted by molar-refractivity contribution is 0.292. The number of benzene rings is 1. The SMILES string of the molecule is N#Cc1ccccc1COc1ccc(F)cn1.